The van der Waals surface area contributed by atoms with Crippen molar-refractivity contribution < 1.29 is 19.7 Å². The normalized spacial score (nSPS) is 11.2. The molecular formula is C29H31NO4. The fraction of sp³-hybridized carbons (Fsp3) is 0.276. The number of ether oxygens (including phenoxy) is 1. The Bertz CT molecular complexity index is 1190. The van der Waals surface area contributed by atoms with E-state index in [9.17, 15) is 15.0 Å². The molecule has 1 amide bonds. The van der Waals surface area contributed by atoms with E-state index in [0.717, 1.165) is 31.2 Å². The van der Waals surface area contributed by atoms with E-state index in [0.29, 0.717) is 26.2 Å². The standard InChI is InChI=1S/C29H31NO4/c31-24-16-21(17-25(32)19-24)20-34-15-6-5-14-30-29(33)13-7-12-28-26-10-3-1-8-22(26)18-23-9-2-4-11-27(23)28/h1-4,8-11,16-19,31-32H,5-7,12-15,20H2,(H,30,33). The molecule has 34 heavy (non-hydrogen) atoms. The molecule has 0 aliphatic rings. The Morgan fingerprint density at radius 3 is 2.12 bits per heavy atom. The number of hydrogen-bond acceptors (Lipinski definition) is 4. The van der Waals surface area contributed by atoms with Gasteiger partial charge >= 0.3 is 0 Å². The fourth-order valence-electron chi connectivity index (χ4n) is 4.38. The molecule has 4 aromatic carbocycles. The second-order valence-electron chi connectivity index (χ2n) is 8.62. The van der Waals surface area contributed by atoms with E-state index in [1.165, 1.54) is 33.2 Å². The molecule has 5 heteroatoms. The van der Waals surface area contributed by atoms with Crippen LogP contribution in [0.25, 0.3) is 21.5 Å². The van der Waals surface area contributed by atoms with Gasteiger partial charge in [-0.25, -0.2) is 0 Å². The topological polar surface area (TPSA) is 78.8 Å². The van der Waals surface area contributed by atoms with E-state index >= 15 is 0 Å². The third-order valence-electron chi connectivity index (χ3n) is 5.98. The van der Waals surface area contributed by atoms with Gasteiger partial charge in [-0.2, -0.15) is 0 Å². The van der Waals surface area contributed by atoms with Crippen LogP contribution in [0.2, 0.25) is 0 Å². The molecule has 0 saturated heterocycles. The van der Waals surface area contributed by atoms with Gasteiger partial charge in [0.05, 0.1) is 6.61 Å². The zero-order valence-corrected chi connectivity index (χ0v) is 19.3. The van der Waals surface area contributed by atoms with Gasteiger partial charge in [0.2, 0.25) is 5.91 Å². The van der Waals surface area contributed by atoms with Crippen molar-refractivity contribution >= 4 is 27.5 Å². The van der Waals surface area contributed by atoms with Crippen LogP contribution in [-0.2, 0) is 22.6 Å². The monoisotopic (exact) mass is 457 g/mol. The van der Waals surface area contributed by atoms with E-state index in [4.69, 9.17) is 4.74 Å². The van der Waals surface area contributed by atoms with Crippen LogP contribution in [0.4, 0.5) is 0 Å². The third kappa shape index (κ3) is 6.27. The first-order chi connectivity index (χ1) is 16.6. The van der Waals surface area contributed by atoms with Crippen LogP contribution in [0.1, 0.15) is 36.8 Å². The van der Waals surface area contributed by atoms with Crippen LogP contribution in [0.3, 0.4) is 0 Å². The van der Waals surface area contributed by atoms with E-state index in [1.54, 1.807) is 12.1 Å². The number of rotatable bonds is 11. The molecule has 0 atom stereocenters. The molecule has 0 aliphatic carbocycles. The average molecular weight is 458 g/mol. The van der Waals surface area contributed by atoms with Crippen molar-refractivity contribution in [3.8, 4) is 11.5 Å². The highest BCUT2D eigenvalue weighted by molar-refractivity contribution is 6.02. The molecule has 0 unspecified atom stereocenters. The summed E-state index contributed by atoms with van der Waals surface area (Å²) >= 11 is 0. The van der Waals surface area contributed by atoms with Crippen molar-refractivity contribution in [1.29, 1.82) is 0 Å². The van der Waals surface area contributed by atoms with Gasteiger partial charge in [-0.1, -0.05) is 48.5 Å². The summed E-state index contributed by atoms with van der Waals surface area (Å²) < 4.78 is 5.59. The summed E-state index contributed by atoms with van der Waals surface area (Å²) in [5.41, 5.74) is 2.04. The van der Waals surface area contributed by atoms with Crippen molar-refractivity contribution in [1.82, 2.24) is 5.32 Å². The summed E-state index contributed by atoms with van der Waals surface area (Å²) in [5.74, 6) is 0.130. The van der Waals surface area contributed by atoms with Crippen LogP contribution >= 0.6 is 0 Å². The lowest BCUT2D eigenvalue weighted by molar-refractivity contribution is -0.121. The lowest BCUT2D eigenvalue weighted by Gasteiger charge is -2.12. The fourth-order valence-corrected chi connectivity index (χ4v) is 4.38. The summed E-state index contributed by atoms with van der Waals surface area (Å²) in [4.78, 5) is 12.3. The summed E-state index contributed by atoms with van der Waals surface area (Å²) in [7, 11) is 0. The second-order valence-corrected chi connectivity index (χ2v) is 8.62. The Morgan fingerprint density at radius 1 is 0.794 bits per heavy atom. The van der Waals surface area contributed by atoms with Gasteiger partial charge in [-0.15, -0.1) is 0 Å². The molecule has 0 radical (unpaired) electrons. The highest BCUT2D eigenvalue weighted by atomic mass is 16.5. The molecule has 0 saturated carbocycles. The molecule has 0 spiro atoms. The number of nitrogens with one attached hydrogen (secondary N) is 1. The van der Waals surface area contributed by atoms with E-state index in [-0.39, 0.29) is 17.4 Å². The van der Waals surface area contributed by atoms with Crippen molar-refractivity contribution in [2.45, 2.75) is 38.7 Å². The summed E-state index contributed by atoms with van der Waals surface area (Å²) in [5, 5.41) is 27.0. The van der Waals surface area contributed by atoms with Gasteiger partial charge in [0.15, 0.2) is 0 Å². The molecule has 0 heterocycles. The smallest absolute Gasteiger partial charge is 0.220 e. The number of benzene rings is 4. The first-order valence-electron chi connectivity index (χ1n) is 11.9. The summed E-state index contributed by atoms with van der Waals surface area (Å²) in [6, 6.07) is 23.6. The number of hydrogen-bond donors (Lipinski definition) is 3. The van der Waals surface area contributed by atoms with Crippen molar-refractivity contribution in [2.24, 2.45) is 0 Å². The number of unbranched alkanes of at least 4 members (excludes halogenated alkanes) is 1. The molecule has 3 N–H and O–H groups in total. The third-order valence-corrected chi connectivity index (χ3v) is 5.98. The van der Waals surface area contributed by atoms with Crippen molar-refractivity contribution in [3.05, 3.63) is 83.9 Å². The minimum Gasteiger partial charge on any atom is -0.508 e. The quantitative estimate of drug-likeness (QED) is 0.195. The summed E-state index contributed by atoms with van der Waals surface area (Å²) in [6.07, 6.45) is 3.85. The zero-order chi connectivity index (χ0) is 23.8. The van der Waals surface area contributed by atoms with Gasteiger partial charge in [-0.3, -0.25) is 4.79 Å². The van der Waals surface area contributed by atoms with Crippen molar-refractivity contribution in [2.75, 3.05) is 13.2 Å². The lowest BCUT2D eigenvalue weighted by atomic mass is 9.93. The first-order valence-corrected chi connectivity index (χ1v) is 11.9. The first kappa shape index (κ1) is 23.6. The number of phenolic OH excluding ortho intramolecular Hbond substituents is 2. The van der Waals surface area contributed by atoms with E-state index in [2.05, 4.69) is 59.9 Å². The Morgan fingerprint density at radius 2 is 1.44 bits per heavy atom. The van der Waals surface area contributed by atoms with Crippen LogP contribution in [0.5, 0.6) is 11.5 Å². The van der Waals surface area contributed by atoms with Gasteiger partial charge in [-0.05, 0) is 76.6 Å². The van der Waals surface area contributed by atoms with Crippen LogP contribution in [0.15, 0.2) is 72.8 Å². The molecule has 0 aliphatic heterocycles. The average Bonchev–Trinajstić information content (AvgIpc) is 2.82. The Hall–Kier alpha value is -3.57. The Labute approximate surface area is 200 Å². The minimum atomic E-state index is 0.0231. The number of aromatic hydroxyl groups is 2. The van der Waals surface area contributed by atoms with Gasteiger partial charge in [0, 0.05) is 25.6 Å². The molecule has 0 fully saturated rings. The number of phenols is 2. The number of carbonyl (C=O) groups excluding carboxylic acids is 1. The zero-order valence-electron chi connectivity index (χ0n) is 19.3. The highest BCUT2D eigenvalue weighted by Crippen LogP contribution is 2.29. The molecule has 0 bridgehead atoms. The van der Waals surface area contributed by atoms with E-state index < -0.39 is 0 Å². The SMILES string of the molecule is O=C(CCCc1c2ccccc2cc2ccccc12)NCCCCOCc1cc(O)cc(O)c1. The molecule has 4 aromatic rings. The van der Waals surface area contributed by atoms with Crippen LogP contribution in [-0.4, -0.2) is 29.3 Å². The van der Waals surface area contributed by atoms with E-state index in [1.807, 2.05) is 0 Å². The molecule has 4 rings (SSSR count). The van der Waals surface area contributed by atoms with Gasteiger partial charge < -0.3 is 20.3 Å². The second kappa shape index (κ2) is 11.5. The van der Waals surface area contributed by atoms with Gasteiger partial charge in [0.1, 0.15) is 11.5 Å². The minimum absolute atomic E-state index is 0.0231. The van der Waals surface area contributed by atoms with Crippen molar-refractivity contribution in [3.63, 3.8) is 0 Å². The maximum atomic E-state index is 12.3. The van der Waals surface area contributed by atoms with Crippen LogP contribution < -0.4 is 5.32 Å². The predicted octanol–water partition coefficient (Wildman–Crippen LogP) is 5.84. The molecule has 5 nitrogen and oxygen atoms in total. The largest absolute Gasteiger partial charge is 0.508 e. The molecular weight excluding hydrogens is 426 g/mol. The summed E-state index contributed by atoms with van der Waals surface area (Å²) in [6.45, 7) is 1.52. The maximum absolute atomic E-state index is 12.3. The predicted molar refractivity (Wildman–Crippen MR) is 136 cm³/mol. The number of fused-ring (bicyclic) bond motifs is 2. The number of carbonyl (C=O) groups is 1. The highest BCUT2D eigenvalue weighted by Gasteiger charge is 2.09. The lowest BCUT2D eigenvalue weighted by Crippen LogP contribution is -2.24. The Balaban J connectivity index is 1.17. The van der Waals surface area contributed by atoms with Crippen LogP contribution in [0, 0.1) is 0 Å². The van der Waals surface area contributed by atoms with Gasteiger partial charge in [0.25, 0.3) is 0 Å². The number of amides is 1. The molecule has 0 aromatic heterocycles. The maximum Gasteiger partial charge on any atom is 0.220 e. The molecule has 176 valence electrons. The number of aryl methyl sites for hydroxylation is 1. The Kier molecular flexibility index (Phi) is 7.99.